The maximum absolute atomic E-state index is 12.9. The van der Waals surface area contributed by atoms with Crippen LogP contribution in [-0.4, -0.2) is 4.89 Å². The van der Waals surface area contributed by atoms with E-state index in [1.807, 2.05) is 12.1 Å². The van der Waals surface area contributed by atoms with Crippen LogP contribution in [-0.2, 0) is 4.57 Å². The minimum atomic E-state index is -3.88. The van der Waals surface area contributed by atoms with Crippen LogP contribution < -0.4 is 9.83 Å². The molecule has 0 bridgehead atoms. The predicted molar refractivity (Wildman–Crippen MR) is 104 cm³/mol. The fourth-order valence-corrected chi connectivity index (χ4v) is 4.64. The first-order valence-electron chi connectivity index (χ1n) is 8.97. The van der Waals surface area contributed by atoms with Gasteiger partial charge in [0.2, 0.25) is 0 Å². The zero-order valence-corrected chi connectivity index (χ0v) is 16.7. The first-order valence-corrected chi connectivity index (χ1v) is 10.5. The van der Waals surface area contributed by atoms with Gasteiger partial charge in [0.15, 0.2) is 0 Å². The molecule has 0 radical (unpaired) electrons. The summed E-state index contributed by atoms with van der Waals surface area (Å²) in [7, 11) is -3.88. The van der Waals surface area contributed by atoms with Gasteiger partial charge in [0.25, 0.3) is 0 Å². The van der Waals surface area contributed by atoms with Gasteiger partial charge in [-0.3, -0.25) is 0 Å². The molecule has 3 nitrogen and oxygen atoms in total. The Balaban J connectivity index is 2.33. The average molecular weight is 358 g/mol. The second-order valence-corrected chi connectivity index (χ2v) is 9.54. The van der Waals surface area contributed by atoms with Gasteiger partial charge < -0.3 is 9.42 Å². The average Bonchev–Trinajstić information content (AvgIpc) is 2.53. The summed E-state index contributed by atoms with van der Waals surface area (Å²) < 4.78 is 18.6. The fraction of sp³-hybridized carbons (Fsp3) is 0.429. The molecular formula is C21H27O3P. The molecule has 1 heterocycles. The number of hydrogen-bond donors (Lipinski definition) is 1. The molecule has 0 aromatic heterocycles. The molecule has 134 valence electrons. The zero-order chi connectivity index (χ0) is 18.5. The normalized spacial score (nSPS) is 19.1. The predicted octanol–water partition coefficient (Wildman–Crippen LogP) is 5.93. The Kier molecular flexibility index (Phi) is 4.59. The van der Waals surface area contributed by atoms with Crippen LogP contribution in [0.25, 0.3) is 11.1 Å². The summed E-state index contributed by atoms with van der Waals surface area (Å²) in [4.78, 5) is 10.6. The quantitative estimate of drug-likeness (QED) is 0.692. The molecule has 0 saturated carbocycles. The van der Waals surface area contributed by atoms with E-state index in [0.29, 0.717) is 22.9 Å². The standard InChI is InChI=1S/C21H27O3P/c1-12(2)15-7-8-17-19-10-16(13(3)4)9-18(14(5)6)21(19)24-25(22,23)20(17)11-15/h7-14H,1-6H3,(H,22,23). The zero-order valence-electron chi connectivity index (χ0n) is 15.8. The number of hydrogen-bond acceptors (Lipinski definition) is 2. The summed E-state index contributed by atoms with van der Waals surface area (Å²) in [6, 6.07) is 10.1. The van der Waals surface area contributed by atoms with E-state index in [1.54, 1.807) is 0 Å². The maximum Gasteiger partial charge on any atom is 0.408 e. The van der Waals surface area contributed by atoms with E-state index in [0.717, 1.165) is 22.3 Å². The van der Waals surface area contributed by atoms with E-state index in [2.05, 4.69) is 59.7 Å². The summed E-state index contributed by atoms with van der Waals surface area (Å²) >= 11 is 0. The van der Waals surface area contributed by atoms with Gasteiger partial charge in [-0.05, 0) is 46.6 Å². The summed E-state index contributed by atoms with van der Waals surface area (Å²) in [5, 5.41) is 0.418. The van der Waals surface area contributed by atoms with Crippen molar-refractivity contribution in [2.24, 2.45) is 0 Å². The molecule has 1 atom stereocenters. The van der Waals surface area contributed by atoms with E-state index < -0.39 is 7.60 Å². The molecule has 4 heteroatoms. The van der Waals surface area contributed by atoms with Gasteiger partial charge in [0, 0.05) is 11.1 Å². The minimum absolute atomic E-state index is 0.212. The van der Waals surface area contributed by atoms with Crippen molar-refractivity contribution in [2.45, 2.75) is 59.3 Å². The molecule has 1 aliphatic heterocycles. The number of fused-ring (bicyclic) bond motifs is 3. The van der Waals surface area contributed by atoms with Crippen molar-refractivity contribution in [3.8, 4) is 16.9 Å². The van der Waals surface area contributed by atoms with Gasteiger partial charge in [-0.15, -0.1) is 0 Å². The van der Waals surface area contributed by atoms with E-state index in [-0.39, 0.29) is 5.92 Å². The molecule has 1 aliphatic rings. The lowest BCUT2D eigenvalue weighted by atomic mass is 9.89. The van der Waals surface area contributed by atoms with Crippen LogP contribution in [0.1, 0.15) is 76.0 Å². The Morgan fingerprint density at radius 1 is 0.840 bits per heavy atom. The van der Waals surface area contributed by atoms with Crippen molar-refractivity contribution in [2.75, 3.05) is 0 Å². The van der Waals surface area contributed by atoms with Crippen LogP contribution in [0, 0.1) is 0 Å². The molecule has 0 spiro atoms. The largest absolute Gasteiger partial charge is 0.420 e. The molecule has 2 aromatic carbocycles. The Hall–Kier alpha value is -1.57. The van der Waals surface area contributed by atoms with Gasteiger partial charge >= 0.3 is 7.60 Å². The minimum Gasteiger partial charge on any atom is -0.420 e. The molecule has 0 saturated heterocycles. The fourth-order valence-electron chi connectivity index (χ4n) is 3.28. The summed E-state index contributed by atoms with van der Waals surface area (Å²) in [5.74, 6) is 1.45. The van der Waals surface area contributed by atoms with Crippen LogP contribution >= 0.6 is 7.60 Å². The van der Waals surface area contributed by atoms with Crippen molar-refractivity contribution >= 4 is 12.9 Å². The van der Waals surface area contributed by atoms with E-state index in [9.17, 15) is 9.46 Å². The van der Waals surface area contributed by atoms with Crippen LogP contribution in [0.5, 0.6) is 5.75 Å². The Labute approximate surface area is 150 Å². The molecule has 2 aromatic rings. The van der Waals surface area contributed by atoms with Gasteiger partial charge in [-0.25, -0.2) is 4.57 Å². The van der Waals surface area contributed by atoms with E-state index in [4.69, 9.17) is 4.52 Å². The second-order valence-electron chi connectivity index (χ2n) is 7.84. The van der Waals surface area contributed by atoms with Crippen molar-refractivity contribution in [1.82, 2.24) is 0 Å². The van der Waals surface area contributed by atoms with Crippen molar-refractivity contribution in [3.63, 3.8) is 0 Å². The lowest BCUT2D eigenvalue weighted by Gasteiger charge is -2.29. The van der Waals surface area contributed by atoms with Crippen molar-refractivity contribution in [3.05, 3.63) is 47.0 Å². The van der Waals surface area contributed by atoms with Gasteiger partial charge in [-0.1, -0.05) is 59.7 Å². The molecule has 0 amide bonds. The van der Waals surface area contributed by atoms with Crippen LogP contribution in [0.3, 0.4) is 0 Å². The van der Waals surface area contributed by atoms with Crippen LogP contribution in [0.4, 0.5) is 0 Å². The SMILES string of the molecule is CC(C)c1cc2c(c(C(C)C)c1)OP(=O)(O)c1cc(C(C)C)ccc1-2. The Morgan fingerprint density at radius 2 is 1.48 bits per heavy atom. The number of rotatable bonds is 3. The molecule has 0 fully saturated rings. The third-order valence-corrected chi connectivity index (χ3v) is 6.34. The van der Waals surface area contributed by atoms with Crippen LogP contribution in [0.15, 0.2) is 30.3 Å². The topological polar surface area (TPSA) is 46.5 Å². The number of benzene rings is 2. The highest BCUT2D eigenvalue weighted by molar-refractivity contribution is 7.62. The Bertz CT molecular complexity index is 866. The highest BCUT2D eigenvalue weighted by Crippen LogP contribution is 2.54. The molecule has 1 unspecified atom stereocenters. The molecular weight excluding hydrogens is 331 g/mol. The van der Waals surface area contributed by atoms with Crippen molar-refractivity contribution in [1.29, 1.82) is 0 Å². The summed E-state index contributed by atoms with van der Waals surface area (Å²) in [6.07, 6.45) is 0. The summed E-state index contributed by atoms with van der Waals surface area (Å²) in [6.45, 7) is 12.7. The van der Waals surface area contributed by atoms with E-state index in [1.165, 1.54) is 5.56 Å². The molecule has 1 N–H and O–H groups in total. The van der Waals surface area contributed by atoms with Crippen molar-refractivity contribution < 1.29 is 14.0 Å². The van der Waals surface area contributed by atoms with Crippen LogP contribution in [0.2, 0.25) is 0 Å². The molecule has 25 heavy (non-hydrogen) atoms. The van der Waals surface area contributed by atoms with Gasteiger partial charge in [0.1, 0.15) is 5.75 Å². The highest BCUT2D eigenvalue weighted by atomic mass is 31.2. The lowest BCUT2D eigenvalue weighted by molar-refractivity contribution is 0.389. The van der Waals surface area contributed by atoms with E-state index >= 15 is 0 Å². The maximum atomic E-state index is 12.9. The third kappa shape index (κ3) is 3.16. The van der Waals surface area contributed by atoms with Gasteiger partial charge in [-0.2, -0.15) is 0 Å². The summed E-state index contributed by atoms with van der Waals surface area (Å²) in [5.41, 5.74) is 5.01. The monoisotopic (exact) mass is 358 g/mol. The third-order valence-electron chi connectivity index (χ3n) is 4.93. The highest BCUT2D eigenvalue weighted by Gasteiger charge is 2.37. The Morgan fingerprint density at radius 3 is 2.04 bits per heavy atom. The second kappa shape index (κ2) is 6.30. The lowest BCUT2D eigenvalue weighted by Crippen LogP contribution is -2.19. The molecule has 0 aliphatic carbocycles. The first-order chi connectivity index (χ1) is 11.6. The smallest absolute Gasteiger partial charge is 0.408 e. The van der Waals surface area contributed by atoms with Gasteiger partial charge in [0.05, 0.1) is 5.30 Å². The first kappa shape index (κ1) is 18.2. The molecule has 3 rings (SSSR count).